The van der Waals surface area contributed by atoms with Crippen molar-refractivity contribution in [3.8, 4) is 5.75 Å². The van der Waals surface area contributed by atoms with Crippen LogP contribution in [0.25, 0.3) is 0 Å². The molecule has 0 spiro atoms. The van der Waals surface area contributed by atoms with Gasteiger partial charge in [-0.25, -0.2) is 0 Å². The van der Waals surface area contributed by atoms with Crippen molar-refractivity contribution in [1.29, 1.82) is 0 Å². The zero-order valence-electron chi connectivity index (χ0n) is 11.7. The topological polar surface area (TPSA) is 38.3 Å². The third-order valence-electron chi connectivity index (χ3n) is 3.95. The van der Waals surface area contributed by atoms with Crippen molar-refractivity contribution in [3.05, 3.63) is 30.3 Å². The molecule has 1 fully saturated rings. The van der Waals surface area contributed by atoms with Gasteiger partial charge in [-0.1, -0.05) is 31.0 Å². The van der Waals surface area contributed by atoms with Crippen molar-refractivity contribution in [2.24, 2.45) is 5.41 Å². The fourth-order valence-electron chi connectivity index (χ4n) is 2.64. The molecule has 1 saturated carbocycles. The van der Waals surface area contributed by atoms with Crippen LogP contribution < -0.4 is 10.1 Å². The Kier molecular flexibility index (Phi) is 5.72. The van der Waals surface area contributed by atoms with Crippen molar-refractivity contribution < 1.29 is 9.53 Å². The van der Waals surface area contributed by atoms with Crippen LogP contribution in [0.3, 0.4) is 0 Å². The van der Waals surface area contributed by atoms with Crippen LogP contribution in [0.4, 0.5) is 0 Å². The Morgan fingerprint density at radius 1 is 1.25 bits per heavy atom. The molecule has 110 valence electrons. The number of hydrogen-bond acceptors (Lipinski definition) is 2. The Balaban J connectivity index is 1.65. The summed E-state index contributed by atoms with van der Waals surface area (Å²) < 4.78 is 5.51. The number of rotatable bonds is 7. The number of para-hydroxylation sites is 1. The summed E-state index contributed by atoms with van der Waals surface area (Å²) in [7, 11) is 0. The van der Waals surface area contributed by atoms with Crippen LogP contribution in [0.1, 0.15) is 32.1 Å². The van der Waals surface area contributed by atoms with Crippen LogP contribution in [0.5, 0.6) is 5.75 Å². The number of carbonyl (C=O) groups is 1. The van der Waals surface area contributed by atoms with Crippen LogP contribution in [-0.4, -0.2) is 24.9 Å². The van der Waals surface area contributed by atoms with Crippen LogP contribution in [0, 0.1) is 5.41 Å². The average Bonchev–Trinajstić information content (AvgIpc) is 2.96. The summed E-state index contributed by atoms with van der Waals surface area (Å²) in [6.45, 7) is 1.10. The zero-order valence-corrected chi connectivity index (χ0v) is 12.5. The molecular weight excluding hydrogens is 274 g/mol. The summed E-state index contributed by atoms with van der Waals surface area (Å²) in [5, 5.41) is 3.00. The van der Waals surface area contributed by atoms with Crippen LogP contribution in [0.2, 0.25) is 0 Å². The summed E-state index contributed by atoms with van der Waals surface area (Å²) in [6.07, 6.45) is 5.07. The molecule has 0 heterocycles. The van der Waals surface area contributed by atoms with Gasteiger partial charge in [-0.2, -0.15) is 0 Å². The monoisotopic (exact) mass is 295 g/mol. The minimum atomic E-state index is 0.0392. The summed E-state index contributed by atoms with van der Waals surface area (Å²) in [5.74, 6) is 1.47. The Morgan fingerprint density at radius 2 is 1.95 bits per heavy atom. The number of amides is 1. The number of hydrogen-bond donors (Lipinski definition) is 1. The third kappa shape index (κ3) is 4.41. The fraction of sp³-hybridized carbons (Fsp3) is 0.562. The van der Waals surface area contributed by atoms with Crippen molar-refractivity contribution in [2.45, 2.75) is 32.1 Å². The van der Waals surface area contributed by atoms with Gasteiger partial charge in [-0.05, 0) is 25.0 Å². The highest BCUT2D eigenvalue weighted by Crippen LogP contribution is 2.38. The highest BCUT2D eigenvalue weighted by molar-refractivity contribution is 6.18. The van der Waals surface area contributed by atoms with Gasteiger partial charge in [0.25, 0.3) is 0 Å². The normalized spacial score (nSPS) is 16.9. The molecule has 0 aliphatic heterocycles. The van der Waals surface area contributed by atoms with Crippen molar-refractivity contribution in [3.63, 3.8) is 0 Å². The Hall–Kier alpha value is -1.22. The van der Waals surface area contributed by atoms with E-state index in [-0.39, 0.29) is 11.3 Å². The molecular formula is C16H22ClNO2. The molecule has 4 heteroatoms. The standard InChI is InChI=1S/C16H22ClNO2/c17-12-16(9-4-5-10-16)13-18-15(19)8-11-20-14-6-2-1-3-7-14/h1-3,6-7H,4-5,8-13H2,(H,18,19). The zero-order chi connectivity index (χ0) is 14.3. The number of carbonyl (C=O) groups excluding carboxylic acids is 1. The second-order valence-corrected chi connectivity index (χ2v) is 5.80. The van der Waals surface area contributed by atoms with E-state index in [9.17, 15) is 4.79 Å². The Bertz CT molecular complexity index is 416. The highest BCUT2D eigenvalue weighted by Gasteiger charge is 2.33. The number of benzene rings is 1. The summed E-state index contributed by atoms with van der Waals surface area (Å²) in [4.78, 5) is 11.8. The van der Waals surface area contributed by atoms with Gasteiger partial charge in [0, 0.05) is 17.8 Å². The van der Waals surface area contributed by atoms with Gasteiger partial charge in [0.05, 0.1) is 13.0 Å². The van der Waals surface area contributed by atoms with E-state index in [0.717, 1.165) is 18.6 Å². The largest absolute Gasteiger partial charge is 0.493 e. The molecule has 1 N–H and O–H groups in total. The number of halogens is 1. The molecule has 1 aromatic rings. The van der Waals surface area contributed by atoms with E-state index >= 15 is 0 Å². The molecule has 1 aromatic carbocycles. The Morgan fingerprint density at radius 3 is 2.60 bits per heavy atom. The van der Waals surface area contributed by atoms with Gasteiger partial charge in [-0.15, -0.1) is 11.6 Å². The van der Waals surface area contributed by atoms with Gasteiger partial charge in [0.1, 0.15) is 5.75 Å². The molecule has 0 aromatic heterocycles. The summed E-state index contributed by atoms with van der Waals surface area (Å²) in [6, 6.07) is 9.55. The van der Waals surface area contributed by atoms with E-state index in [1.54, 1.807) is 0 Å². The van der Waals surface area contributed by atoms with Crippen molar-refractivity contribution >= 4 is 17.5 Å². The maximum absolute atomic E-state index is 11.8. The quantitative estimate of drug-likeness (QED) is 0.783. The Labute approximate surface area is 125 Å². The van der Waals surface area contributed by atoms with Crippen LogP contribution in [0.15, 0.2) is 30.3 Å². The minimum Gasteiger partial charge on any atom is -0.493 e. The first-order valence-electron chi connectivity index (χ1n) is 7.25. The van der Waals surface area contributed by atoms with Gasteiger partial charge >= 0.3 is 0 Å². The highest BCUT2D eigenvalue weighted by atomic mass is 35.5. The van der Waals surface area contributed by atoms with Crippen molar-refractivity contribution in [1.82, 2.24) is 5.32 Å². The van der Waals surface area contributed by atoms with Crippen LogP contribution in [-0.2, 0) is 4.79 Å². The molecule has 1 aliphatic carbocycles. The number of nitrogens with one attached hydrogen (secondary N) is 1. The SMILES string of the molecule is O=C(CCOc1ccccc1)NCC1(CCl)CCCC1. The van der Waals surface area contributed by atoms with E-state index < -0.39 is 0 Å². The van der Waals surface area contributed by atoms with E-state index in [4.69, 9.17) is 16.3 Å². The van der Waals surface area contributed by atoms with E-state index in [2.05, 4.69) is 5.32 Å². The number of alkyl halides is 1. The van der Waals surface area contributed by atoms with Crippen molar-refractivity contribution in [2.75, 3.05) is 19.0 Å². The lowest BCUT2D eigenvalue weighted by molar-refractivity contribution is -0.122. The van der Waals surface area contributed by atoms with Gasteiger partial charge in [0.2, 0.25) is 5.91 Å². The molecule has 1 aliphatic rings. The lowest BCUT2D eigenvalue weighted by atomic mass is 9.88. The van der Waals surface area contributed by atoms with Gasteiger partial charge in [0.15, 0.2) is 0 Å². The average molecular weight is 296 g/mol. The predicted molar refractivity (Wildman–Crippen MR) is 81.2 cm³/mol. The minimum absolute atomic E-state index is 0.0392. The lowest BCUT2D eigenvalue weighted by Gasteiger charge is -2.26. The molecule has 20 heavy (non-hydrogen) atoms. The first-order chi connectivity index (χ1) is 9.74. The second kappa shape index (κ2) is 7.53. The second-order valence-electron chi connectivity index (χ2n) is 5.53. The van der Waals surface area contributed by atoms with Crippen LogP contribution >= 0.6 is 11.6 Å². The van der Waals surface area contributed by atoms with E-state index in [1.807, 2.05) is 30.3 Å². The smallest absolute Gasteiger partial charge is 0.223 e. The molecule has 0 bridgehead atoms. The third-order valence-corrected chi connectivity index (χ3v) is 4.52. The molecule has 3 nitrogen and oxygen atoms in total. The molecule has 0 radical (unpaired) electrons. The predicted octanol–water partition coefficient (Wildman–Crippen LogP) is 3.37. The molecule has 0 saturated heterocycles. The van der Waals surface area contributed by atoms with E-state index in [0.29, 0.717) is 25.5 Å². The van der Waals surface area contributed by atoms with Gasteiger partial charge < -0.3 is 10.1 Å². The van der Waals surface area contributed by atoms with Gasteiger partial charge in [-0.3, -0.25) is 4.79 Å². The molecule has 0 atom stereocenters. The summed E-state index contributed by atoms with van der Waals surface area (Å²) in [5.41, 5.74) is 0.123. The fourth-order valence-corrected chi connectivity index (χ4v) is 3.00. The first kappa shape index (κ1) is 15.2. The van der Waals surface area contributed by atoms with E-state index in [1.165, 1.54) is 12.8 Å². The lowest BCUT2D eigenvalue weighted by Crippen LogP contribution is -2.37. The maximum atomic E-state index is 11.8. The number of ether oxygens (including phenoxy) is 1. The summed E-state index contributed by atoms with van der Waals surface area (Å²) >= 11 is 6.06. The maximum Gasteiger partial charge on any atom is 0.223 e. The molecule has 1 amide bonds. The molecule has 2 rings (SSSR count). The first-order valence-corrected chi connectivity index (χ1v) is 7.78. The molecule has 0 unspecified atom stereocenters.